The summed E-state index contributed by atoms with van der Waals surface area (Å²) in [6.45, 7) is 10.2. The van der Waals surface area contributed by atoms with Gasteiger partial charge < -0.3 is 26.6 Å². The van der Waals surface area contributed by atoms with Crippen LogP contribution in [-0.4, -0.2) is 41.8 Å². The van der Waals surface area contributed by atoms with E-state index in [9.17, 15) is 14.4 Å². The van der Waals surface area contributed by atoms with Crippen molar-refractivity contribution in [3.8, 4) is 0 Å². The Morgan fingerprint density at radius 1 is 1.12 bits per heavy atom. The number of pyridine rings is 1. The number of carbonyl (C=O) groups excluding carboxylic acids is 3. The number of carbonyl (C=O) groups is 3. The molecule has 3 amide bonds. The summed E-state index contributed by atoms with van der Waals surface area (Å²) in [5.74, 6) is 0.144. The molecule has 174 valence electrons. The number of hydrogen-bond acceptors (Lipinski definition) is 6. The van der Waals surface area contributed by atoms with Crippen LogP contribution in [0.15, 0.2) is 49.1 Å². The van der Waals surface area contributed by atoms with Gasteiger partial charge in [0, 0.05) is 35.9 Å². The fourth-order valence-electron chi connectivity index (χ4n) is 3.39. The van der Waals surface area contributed by atoms with E-state index in [1.54, 1.807) is 24.3 Å². The van der Waals surface area contributed by atoms with E-state index in [0.717, 1.165) is 12.1 Å². The van der Waals surface area contributed by atoms with Gasteiger partial charge in [-0.25, -0.2) is 4.98 Å². The molecule has 0 bridgehead atoms. The number of amides is 3. The van der Waals surface area contributed by atoms with E-state index in [2.05, 4.69) is 27.5 Å². The summed E-state index contributed by atoms with van der Waals surface area (Å²) in [5, 5.41) is 8.97. The molecule has 1 atom stereocenters. The van der Waals surface area contributed by atoms with Crippen molar-refractivity contribution < 1.29 is 14.4 Å². The lowest BCUT2D eigenvalue weighted by Crippen LogP contribution is -2.36. The molecule has 5 N–H and O–H groups in total. The first-order chi connectivity index (χ1) is 15.6. The lowest BCUT2D eigenvalue weighted by Gasteiger charge is -2.21. The molecule has 9 heteroatoms. The van der Waals surface area contributed by atoms with Crippen molar-refractivity contribution in [2.24, 2.45) is 11.1 Å². The van der Waals surface area contributed by atoms with Gasteiger partial charge in [0.1, 0.15) is 11.6 Å². The SMILES string of the molecule is C=CC(=O)NC1CCN(c2nc(Nc3ccc(NC(=O)C(C)(C)C)cc3)ccc2C(N)=O)C1. The van der Waals surface area contributed by atoms with Gasteiger partial charge in [-0.2, -0.15) is 0 Å². The van der Waals surface area contributed by atoms with Crippen LogP contribution in [0.2, 0.25) is 0 Å². The van der Waals surface area contributed by atoms with Gasteiger partial charge in [-0.1, -0.05) is 27.4 Å². The number of nitrogens with two attached hydrogens (primary N) is 1. The average molecular weight is 451 g/mol. The molecule has 0 radical (unpaired) electrons. The number of benzene rings is 1. The van der Waals surface area contributed by atoms with Gasteiger partial charge in [0.05, 0.1) is 5.56 Å². The smallest absolute Gasteiger partial charge is 0.252 e. The number of anilines is 4. The van der Waals surface area contributed by atoms with Crippen molar-refractivity contribution in [3.05, 3.63) is 54.6 Å². The molecular formula is C24H30N6O3. The molecule has 0 spiro atoms. The van der Waals surface area contributed by atoms with Crippen molar-refractivity contribution in [1.82, 2.24) is 10.3 Å². The lowest BCUT2D eigenvalue weighted by molar-refractivity contribution is -0.123. The van der Waals surface area contributed by atoms with Gasteiger partial charge in [-0.3, -0.25) is 14.4 Å². The first kappa shape index (κ1) is 23.8. The minimum atomic E-state index is -0.568. The van der Waals surface area contributed by atoms with Crippen LogP contribution in [0.25, 0.3) is 0 Å². The van der Waals surface area contributed by atoms with E-state index >= 15 is 0 Å². The minimum Gasteiger partial charge on any atom is -0.365 e. The van der Waals surface area contributed by atoms with Crippen molar-refractivity contribution >= 4 is 40.7 Å². The zero-order valence-corrected chi connectivity index (χ0v) is 19.1. The van der Waals surface area contributed by atoms with Crippen molar-refractivity contribution in [2.45, 2.75) is 33.2 Å². The van der Waals surface area contributed by atoms with Crippen LogP contribution < -0.4 is 26.6 Å². The second-order valence-electron chi connectivity index (χ2n) is 8.98. The summed E-state index contributed by atoms with van der Waals surface area (Å²) < 4.78 is 0. The van der Waals surface area contributed by atoms with Gasteiger partial charge in [-0.05, 0) is 48.9 Å². The number of primary amides is 1. The molecule has 2 aromatic rings. The third-order valence-corrected chi connectivity index (χ3v) is 5.26. The van der Waals surface area contributed by atoms with Gasteiger partial charge >= 0.3 is 0 Å². The Morgan fingerprint density at radius 2 is 1.79 bits per heavy atom. The third kappa shape index (κ3) is 6.09. The van der Waals surface area contributed by atoms with Crippen LogP contribution in [0.3, 0.4) is 0 Å². The second kappa shape index (κ2) is 9.72. The summed E-state index contributed by atoms with van der Waals surface area (Å²) in [7, 11) is 0. The molecular weight excluding hydrogens is 420 g/mol. The highest BCUT2D eigenvalue weighted by Crippen LogP contribution is 2.27. The standard InChI is InChI=1S/C24H30N6O3/c1-5-20(31)27-17-12-13-30(14-17)22-18(21(25)32)10-11-19(29-22)26-15-6-8-16(9-7-15)28-23(33)24(2,3)4/h5-11,17H,1,12-14H2,2-4H3,(H2,25,32)(H,26,29)(H,27,31)(H,28,33). The number of nitrogens with one attached hydrogen (secondary N) is 3. The van der Waals surface area contributed by atoms with Crippen molar-refractivity contribution in [1.29, 1.82) is 0 Å². The number of rotatable bonds is 7. The summed E-state index contributed by atoms with van der Waals surface area (Å²) in [5.41, 5.74) is 6.86. The molecule has 3 rings (SSSR count). The molecule has 2 heterocycles. The Kier molecular flexibility index (Phi) is 7.01. The van der Waals surface area contributed by atoms with Crippen LogP contribution in [0.4, 0.5) is 23.0 Å². The maximum Gasteiger partial charge on any atom is 0.252 e. The largest absolute Gasteiger partial charge is 0.365 e. The zero-order valence-electron chi connectivity index (χ0n) is 19.1. The van der Waals surface area contributed by atoms with Gasteiger partial charge in [0.2, 0.25) is 11.8 Å². The highest BCUT2D eigenvalue weighted by Gasteiger charge is 2.27. The second-order valence-corrected chi connectivity index (χ2v) is 8.98. The van der Waals surface area contributed by atoms with Gasteiger partial charge in [-0.15, -0.1) is 0 Å². The maximum atomic E-state index is 12.2. The average Bonchev–Trinajstić information content (AvgIpc) is 3.22. The predicted molar refractivity (Wildman–Crippen MR) is 130 cm³/mol. The van der Waals surface area contributed by atoms with Gasteiger partial charge in [0.15, 0.2) is 0 Å². The first-order valence-corrected chi connectivity index (χ1v) is 10.7. The van der Waals surface area contributed by atoms with E-state index in [4.69, 9.17) is 5.73 Å². The van der Waals surface area contributed by atoms with Crippen LogP contribution >= 0.6 is 0 Å². The number of hydrogen-bond donors (Lipinski definition) is 4. The third-order valence-electron chi connectivity index (χ3n) is 5.26. The molecule has 0 saturated carbocycles. The Labute approximate surface area is 193 Å². The highest BCUT2D eigenvalue weighted by atomic mass is 16.2. The molecule has 1 aliphatic heterocycles. The monoisotopic (exact) mass is 450 g/mol. The fourth-order valence-corrected chi connectivity index (χ4v) is 3.39. The molecule has 1 aromatic heterocycles. The molecule has 9 nitrogen and oxygen atoms in total. The normalized spacial score (nSPS) is 15.6. The van der Waals surface area contributed by atoms with Crippen molar-refractivity contribution in [2.75, 3.05) is 28.6 Å². The van der Waals surface area contributed by atoms with Crippen LogP contribution in [0.1, 0.15) is 37.6 Å². The van der Waals surface area contributed by atoms with Crippen LogP contribution in [0.5, 0.6) is 0 Å². The first-order valence-electron chi connectivity index (χ1n) is 10.7. The molecule has 1 aromatic carbocycles. The van der Waals surface area contributed by atoms with Gasteiger partial charge in [0.25, 0.3) is 5.91 Å². The molecule has 1 fully saturated rings. The number of nitrogens with zero attached hydrogens (tertiary/aromatic N) is 2. The quantitative estimate of drug-likeness (QED) is 0.480. The summed E-state index contributed by atoms with van der Waals surface area (Å²) in [4.78, 5) is 42.3. The molecule has 0 aliphatic carbocycles. The van der Waals surface area contributed by atoms with Crippen LogP contribution in [-0.2, 0) is 9.59 Å². The molecule has 1 unspecified atom stereocenters. The summed E-state index contributed by atoms with van der Waals surface area (Å²) in [6, 6.07) is 10.5. The van der Waals surface area contributed by atoms with Crippen molar-refractivity contribution in [3.63, 3.8) is 0 Å². The van der Waals surface area contributed by atoms with E-state index in [0.29, 0.717) is 36.0 Å². The molecule has 1 aliphatic rings. The van der Waals surface area contributed by atoms with E-state index in [1.165, 1.54) is 6.08 Å². The fraction of sp³-hybridized carbons (Fsp3) is 0.333. The highest BCUT2D eigenvalue weighted by molar-refractivity contribution is 5.98. The zero-order chi connectivity index (χ0) is 24.2. The Bertz CT molecular complexity index is 1060. The minimum absolute atomic E-state index is 0.0644. The topological polar surface area (TPSA) is 129 Å². The maximum absolute atomic E-state index is 12.2. The summed E-state index contributed by atoms with van der Waals surface area (Å²) in [6.07, 6.45) is 1.96. The molecule has 1 saturated heterocycles. The molecule has 33 heavy (non-hydrogen) atoms. The van der Waals surface area contributed by atoms with E-state index in [1.807, 2.05) is 37.8 Å². The predicted octanol–water partition coefficient (Wildman–Crippen LogP) is 2.79. The summed E-state index contributed by atoms with van der Waals surface area (Å²) >= 11 is 0. The number of aromatic nitrogens is 1. The Hall–Kier alpha value is -3.88. The van der Waals surface area contributed by atoms with E-state index in [-0.39, 0.29) is 17.9 Å². The van der Waals surface area contributed by atoms with E-state index < -0.39 is 11.3 Å². The Morgan fingerprint density at radius 3 is 2.39 bits per heavy atom. The van der Waals surface area contributed by atoms with Crippen LogP contribution in [0, 0.1) is 5.41 Å². The Balaban J connectivity index is 1.74. The lowest BCUT2D eigenvalue weighted by atomic mass is 9.95.